The van der Waals surface area contributed by atoms with Crippen LogP contribution >= 0.6 is 0 Å². The Bertz CT molecular complexity index is 506. The first kappa shape index (κ1) is 15.4. The number of hydrogen-bond donors (Lipinski definition) is 1. The molecule has 1 N–H and O–H groups in total. The van der Waals surface area contributed by atoms with E-state index in [4.69, 9.17) is 4.74 Å². The van der Waals surface area contributed by atoms with E-state index in [1.54, 1.807) is 0 Å². The highest BCUT2D eigenvalue weighted by Crippen LogP contribution is 2.33. The SMILES string of the molecule is CC(C)NC(=O)[C@@H]1C[C@H]2CCN(Cc3ccncc3)C[C@@H]2O1. The number of ether oxygens (including phenoxy) is 1. The zero-order valence-electron chi connectivity index (χ0n) is 13.4. The molecule has 0 aliphatic carbocycles. The van der Waals surface area contributed by atoms with Crippen LogP contribution in [0.3, 0.4) is 0 Å². The fourth-order valence-corrected chi connectivity index (χ4v) is 3.43. The van der Waals surface area contributed by atoms with Crippen molar-refractivity contribution in [2.24, 2.45) is 5.92 Å². The van der Waals surface area contributed by atoms with Gasteiger partial charge in [0.05, 0.1) is 6.10 Å². The fourth-order valence-electron chi connectivity index (χ4n) is 3.43. The summed E-state index contributed by atoms with van der Waals surface area (Å²) in [6, 6.07) is 4.28. The Kier molecular flexibility index (Phi) is 4.74. The summed E-state index contributed by atoms with van der Waals surface area (Å²) in [7, 11) is 0. The van der Waals surface area contributed by atoms with Crippen molar-refractivity contribution < 1.29 is 9.53 Å². The van der Waals surface area contributed by atoms with Crippen molar-refractivity contribution in [2.75, 3.05) is 13.1 Å². The van der Waals surface area contributed by atoms with E-state index in [1.807, 2.05) is 26.2 Å². The summed E-state index contributed by atoms with van der Waals surface area (Å²) in [5, 5.41) is 2.96. The fraction of sp³-hybridized carbons (Fsp3) is 0.647. The smallest absolute Gasteiger partial charge is 0.249 e. The van der Waals surface area contributed by atoms with Crippen molar-refractivity contribution in [1.29, 1.82) is 0 Å². The second kappa shape index (κ2) is 6.75. The van der Waals surface area contributed by atoms with Gasteiger partial charge in [-0.3, -0.25) is 14.7 Å². The lowest BCUT2D eigenvalue weighted by Gasteiger charge is -2.34. The van der Waals surface area contributed by atoms with Gasteiger partial charge in [0.2, 0.25) is 5.91 Å². The van der Waals surface area contributed by atoms with Gasteiger partial charge in [-0.15, -0.1) is 0 Å². The lowest BCUT2D eigenvalue weighted by Crippen LogP contribution is -2.42. The molecule has 0 unspecified atom stereocenters. The number of rotatable bonds is 4. The van der Waals surface area contributed by atoms with Gasteiger partial charge in [-0.05, 0) is 56.8 Å². The zero-order valence-corrected chi connectivity index (χ0v) is 13.4. The van der Waals surface area contributed by atoms with Crippen LogP contribution in [0.4, 0.5) is 0 Å². The number of nitrogens with one attached hydrogen (secondary N) is 1. The molecular weight excluding hydrogens is 278 g/mol. The van der Waals surface area contributed by atoms with Crippen LogP contribution < -0.4 is 5.32 Å². The monoisotopic (exact) mass is 303 g/mol. The minimum atomic E-state index is -0.265. The molecule has 22 heavy (non-hydrogen) atoms. The Morgan fingerprint density at radius 2 is 2.23 bits per heavy atom. The Labute approximate surface area is 132 Å². The lowest BCUT2D eigenvalue weighted by atomic mass is 9.91. The topological polar surface area (TPSA) is 54.5 Å². The van der Waals surface area contributed by atoms with E-state index in [1.165, 1.54) is 5.56 Å². The van der Waals surface area contributed by atoms with Crippen molar-refractivity contribution in [3.05, 3.63) is 30.1 Å². The third-order valence-electron chi connectivity index (χ3n) is 4.51. The number of fused-ring (bicyclic) bond motifs is 1. The number of carbonyl (C=O) groups is 1. The van der Waals surface area contributed by atoms with Crippen LogP contribution in [0, 0.1) is 5.92 Å². The van der Waals surface area contributed by atoms with Gasteiger partial charge in [0.15, 0.2) is 0 Å². The largest absolute Gasteiger partial charge is 0.364 e. The molecule has 0 radical (unpaired) electrons. The highest BCUT2D eigenvalue weighted by Gasteiger charge is 2.41. The Hall–Kier alpha value is -1.46. The van der Waals surface area contributed by atoms with Crippen LogP contribution in [0.25, 0.3) is 0 Å². The third kappa shape index (κ3) is 3.65. The van der Waals surface area contributed by atoms with Crippen molar-refractivity contribution in [1.82, 2.24) is 15.2 Å². The Morgan fingerprint density at radius 3 is 2.95 bits per heavy atom. The van der Waals surface area contributed by atoms with E-state index in [-0.39, 0.29) is 24.2 Å². The van der Waals surface area contributed by atoms with E-state index < -0.39 is 0 Å². The van der Waals surface area contributed by atoms with Crippen LogP contribution in [0.2, 0.25) is 0 Å². The van der Waals surface area contributed by atoms with Crippen molar-refractivity contribution >= 4 is 5.91 Å². The minimum Gasteiger partial charge on any atom is -0.364 e. The number of carbonyl (C=O) groups excluding carboxylic acids is 1. The molecule has 1 aromatic heterocycles. The normalized spacial score (nSPS) is 28.6. The average molecular weight is 303 g/mol. The van der Waals surface area contributed by atoms with Gasteiger partial charge in [-0.25, -0.2) is 0 Å². The van der Waals surface area contributed by atoms with Crippen LogP contribution in [-0.4, -0.2) is 47.1 Å². The maximum absolute atomic E-state index is 12.1. The molecule has 2 fully saturated rings. The molecule has 3 heterocycles. The first-order valence-corrected chi connectivity index (χ1v) is 8.19. The van der Waals surface area contributed by atoms with Gasteiger partial charge in [0.25, 0.3) is 0 Å². The molecule has 0 spiro atoms. The molecule has 0 bridgehead atoms. The van der Waals surface area contributed by atoms with E-state index in [0.717, 1.165) is 32.5 Å². The van der Waals surface area contributed by atoms with Crippen molar-refractivity contribution in [3.8, 4) is 0 Å². The molecule has 1 amide bonds. The van der Waals surface area contributed by atoms with Crippen molar-refractivity contribution in [3.63, 3.8) is 0 Å². The Balaban J connectivity index is 1.54. The van der Waals surface area contributed by atoms with E-state index in [2.05, 4.69) is 27.3 Å². The standard InChI is InChI=1S/C17H25N3O2/c1-12(2)19-17(21)15-9-14-5-8-20(11-16(14)22-15)10-13-3-6-18-7-4-13/h3-4,6-7,12,14-16H,5,8-11H2,1-2H3,(H,19,21)/t14-,15+,16+/m1/s1. The number of likely N-dealkylation sites (tertiary alicyclic amines) is 1. The summed E-state index contributed by atoms with van der Waals surface area (Å²) < 4.78 is 6.03. The number of piperidine rings is 1. The molecule has 2 aliphatic rings. The molecule has 120 valence electrons. The first-order chi connectivity index (χ1) is 10.6. The predicted molar refractivity (Wildman–Crippen MR) is 84.2 cm³/mol. The van der Waals surface area contributed by atoms with Crippen LogP contribution in [-0.2, 0) is 16.1 Å². The highest BCUT2D eigenvalue weighted by atomic mass is 16.5. The second-order valence-corrected chi connectivity index (χ2v) is 6.70. The molecule has 3 rings (SSSR count). The molecule has 5 heteroatoms. The third-order valence-corrected chi connectivity index (χ3v) is 4.51. The van der Waals surface area contributed by atoms with Crippen LogP contribution in [0.15, 0.2) is 24.5 Å². The molecule has 3 atom stereocenters. The van der Waals surface area contributed by atoms with Crippen molar-refractivity contribution in [2.45, 2.75) is 51.5 Å². The van der Waals surface area contributed by atoms with E-state index in [9.17, 15) is 4.79 Å². The maximum Gasteiger partial charge on any atom is 0.249 e. The number of amides is 1. The summed E-state index contributed by atoms with van der Waals surface area (Å²) in [4.78, 5) is 18.6. The predicted octanol–water partition coefficient (Wildman–Crippen LogP) is 1.59. The first-order valence-electron chi connectivity index (χ1n) is 8.19. The highest BCUT2D eigenvalue weighted by molar-refractivity contribution is 5.81. The van der Waals surface area contributed by atoms with E-state index in [0.29, 0.717) is 5.92 Å². The summed E-state index contributed by atoms with van der Waals surface area (Å²) in [6.45, 7) is 6.88. The summed E-state index contributed by atoms with van der Waals surface area (Å²) >= 11 is 0. The summed E-state index contributed by atoms with van der Waals surface area (Å²) in [6.07, 6.45) is 5.57. The van der Waals surface area contributed by atoms with Gasteiger partial charge in [-0.1, -0.05) is 0 Å². The lowest BCUT2D eigenvalue weighted by molar-refractivity contribution is -0.133. The average Bonchev–Trinajstić information content (AvgIpc) is 2.91. The number of hydrogen-bond acceptors (Lipinski definition) is 4. The molecular formula is C17H25N3O2. The van der Waals surface area contributed by atoms with Gasteiger partial charge in [0, 0.05) is 31.5 Å². The quantitative estimate of drug-likeness (QED) is 0.918. The number of aromatic nitrogens is 1. The minimum absolute atomic E-state index is 0.0464. The summed E-state index contributed by atoms with van der Waals surface area (Å²) in [5.74, 6) is 0.571. The number of pyridine rings is 1. The van der Waals surface area contributed by atoms with Gasteiger partial charge >= 0.3 is 0 Å². The number of nitrogens with zero attached hydrogens (tertiary/aromatic N) is 2. The molecule has 5 nitrogen and oxygen atoms in total. The molecule has 1 aromatic rings. The van der Waals surface area contributed by atoms with Gasteiger partial charge < -0.3 is 10.1 Å². The maximum atomic E-state index is 12.1. The van der Waals surface area contributed by atoms with Crippen LogP contribution in [0.5, 0.6) is 0 Å². The molecule has 0 saturated carbocycles. The molecule has 2 saturated heterocycles. The van der Waals surface area contributed by atoms with E-state index >= 15 is 0 Å². The second-order valence-electron chi connectivity index (χ2n) is 6.70. The Morgan fingerprint density at radius 1 is 1.45 bits per heavy atom. The molecule has 2 aliphatic heterocycles. The molecule has 0 aromatic carbocycles. The van der Waals surface area contributed by atoms with Gasteiger partial charge in [0.1, 0.15) is 6.10 Å². The summed E-state index contributed by atoms with van der Waals surface area (Å²) in [5.41, 5.74) is 1.28. The van der Waals surface area contributed by atoms with Gasteiger partial charge in [-0.2, -0.15) is 0 Å². The van der Waals surface area contributed by atoms with Crippen LogP contribution in [0.1, 0.15) is 32.3 Å². The zero-order chi connectivity index (χ0) is 15.5.